The quantitative estimate of drug-likeness (QED) is 0.642. The van der Waals surface area contributed by atoms with Crippen LogP contribution in [0, 0.1) is 0 Å². The summed E-state index contributed by atoms with van der Waals surface area (Å²) in [6, 6.07) is 13.5. The van der Waals surface area contributed by atoms with Gasteiger partial charge in [-0.2, -0.15) is 8.42 Å². The number of hydrogen-bond acceptors (Lipinski definition) is 4. The normalized spacial score (nSPS) is 11.1. The molecule has 0 saturated carbocycles. The number of ketones is 1. The van der Waals surface area contributed by atoms with Crippen LogP contribution >= 0.6 is 0 Å². The van der Waals surface area contributed by atoms with Crippen LogP contribution in [0.2, 0.25) is 0 Å². The maximum absolute atomic E-state index is 12.6. The summed E-state index contributed by atoms with van der Waals surface area (Å²) in [5, 5.41) is 0. The van der Waals surface area contributed by atoms with Crippen LogP contribution in [0.15, 0.2) is 48.5 Å². The molecule has 0 saturated heterocycles. The number of halogens is 1. The Morgan fingerprint density at radius 3 is 2.25 bits per heavy atom. The molecular formula is C14H11FO4S. The molecule has 0 fully saturated rings. The van der Waals surface area contributed by atoms with E-state index in [2.05, 4.69) is 4.18 Å². The van der Waals surface area contributed by atoms with Crippen LogP contribution in [-0.4, -0.2) is 14.2 Å². The summed E-state index contributed by atoms with van der Waals surface area (Å²) in [6.07, 6.45) is 0. The van der Waals surface area contributed by atoms with Gasteiger partial charge in [-0.25, -0.2) is 0 Å². The lowest BCUT2D eigenvalue weighted by Crippen LogP contribution is -2.06. The number of Topliss-reactive ketones (excluding diaryl/α,β-unsaturated/α-hetero) is 1. The molecular weight excluding hydrogens is 283 g/mol. The van der Waals surface area contributed by atoms with E-state index in [1.54, 1.807) is 6.07 Å². The summed E-state index contributed by atoms with van der Waals surface area (Å²) in [5.41, 5.74) is 1.57. The maximum atomic E-state index is 12.6. The second kappa shape index (κ2) is 5.42. The van der Waals surface area contributed by atoms with E-state index >= 15 is 0 Å². The molecule has 0 aliphatic carbocycles. The fourth-order valence-electron chi connectivity index (χ4n) is 1.80. The lowest BCUT2D eigenvalue weighted by atomic mass is 10.0. The van der Waals surface area contributed by atoms with Crippen LogP contribution in [-0.2, 0) is 10.5 Å². The first-order chi connectivity index (χ1) is 9.37. The predicted molar refractivity (Wildman–Crippen MR) is 72.5 cm³/mol. The van der Waals surface area contributed by atoms with Crippen molar-refractivity contribution in [3.63, 3.8) is 0 Å². The van der Waals surface area contributed by atoms with Gasteiger partial charge < -0.3 is 4.18 Å². The highest BCUT2D eigenvalue weighted by Crippen LogP contribution is 2.28. The van der Waals surface area contributed by atoms with Gasteiger partial charge in [0, 0.05) is 0 Å². The van der Waals surface area contributed by atoms with E-state index in [4.69, 9.17) is 0 Å². The molecule has 0 N–H and O–H groups in total. The molecule has 0 heterocycles. The first-order valence-corrected chi connectivity index (χ1v) is 7.02. The van der Waals surface area contributed by atoms with Crippen molar-refractivity contribution in [3.05, 3.63) is 54.1 Å². The van der Waals surface area contributed by atoms with Gasteiger partial charge in [0.25, 0.3) is 0 Å². The van der Waals surface area contributed by atoms with E-state index < -0.39 is 16.3 Å². The zero-order chi connectivity index (χ0) is 14.8. The van der Waals surface area contributed by atoms with Crippen molar-refractivity contribution in [2.45, 2.75) is 6.92 Å². The summed E-state index contributed by atoms with van der Waals surface area (Å²) < 4.78 is 37.8. The molecule has 6 heteroatoms. The second-order valence-electron chi connectivity index (χ2n) is 4.11. The third kappa shape index (κ3) is 3.42. The van der Waals surface area contributed by atoms with E-state index in [1.165, 1.54) is 19.1 Å². The molecule has 4 nitrogen and oxygen atoms in total. The van der Waals surface area contributed by atoms with Gasteiger partial charge in [-0.05, 0) is 30.2 Å². The average Bonchev–Trinajstić information content (AvgIpc) is 2.38. The average molecular weight is 294 g/mol. The smallest absolute Gasteiger partial charge is 0.358 e. The highest BCUT2D eigenvalue weighted by Gasteiger charge is 2.17. The Morgan fingerprint density at radius 1 is 1.05 bits per heavy atom. The highest BCUT2D eigenvalue weighted by atomic mass is 32.3. The molecule has 20 heavy (non-hydrogen) atoms. The van der Waals surface area contributed by atoms with E-state index in [0.29, 0.717) is 5.56 Å². The molecule has 2 aromatic carbocycles. The Balaban J connectivity index is 2.51. The largest absolute Gasteiger partial charge is 0.488 e. The van der Waals surface area contributed by atoms with Gasteiger partial charge >= 0.3 is 10.5 Å². The summed E-state index contributed by atoms with van der Waals surface area (Å²) in [6.45, 7) is 1.25. The molecule has 0 bridgehead atoms. The minimum absolute atomic E-state index is 0.00702. The Kier molecular flexibility index (Phi) is 3.85. The number of carbonyl (C=O) groups excluding carboxylic acids is 1. The van der Waals surface area contributed by atoms with Crippen LogP contribution in [0.4, 0.5) is 3.89 Å². The lowest BCUT2D eigenvalue weighted by Gasteiger charge is -2.08. The Labute approximate surface area is 116 Å². The topological polar surface area (TPSA) is 60.4 Å². The summed E-state index contributed by atoms with van der Waals surface area (Å²) in [5.74, 6) is -0.735. The molecule has 0 aliphatic rings. The molecule has 0 radical (unpaired) electrons. The highest BCUT2D eigenvalue weighted by molar-refractivity contribution is 7.81. The van der Waals surface area contributed by atoms with Crippen molar-refractivity contribution < 1.29 is 21.3 Å². The van der Waals surface area contributed by atoms with Crippen molar-refractivity contribution in [2.24, 2.45) is 0 Å². The molecule has 0 amide bonds. The standard InChI is InChI=1S/C14H11FO4S/c1-10(16)13-9-12(11-5-3-2-4-6-11)7-8-14(13)19-20(15,17)18/h2-9H,1H3. The third-order valence-corrected chi connectivity index (χ3v) is 3.03. The molecule has 2 rings (SSSR count). The van der Waals surface area contributed by atoms with Crippen molar-refractivity contribution >= 4 is 16.3 Å². The van der Waals surface area contributed by atoms with E-state index in [-0.39, 0.29) is 11.3 Å². The molecule has 0 aliphatic heterocycles. The Bertz CT molecular complexity index is 739. The third-order valence-electron chi connectivity index (χ3n) is 2.66. The zero-order valence-electron chi connectivity index (χ0n) is 10.5. The van der Waals surface area contributed by atoms with Crippen molar-refractivity contribution in [1.29, 1.82) is 0 Å². The number of rotatable bonds is 4. The van der Waals surface area contributed by atoms with Crippen molar-refractivity contribution in [2.75, 3.05) is 0 Å². The minimum Gasteiger partial charge on any atom is -0.358 e. The molecule has 0 unspecified atom stereocenters. The van der Waals surface area contributed by atoms with Crippen molar-refractivity contribution in [1.82, 2.24) is 0 Å². The van der Waals surface area contributed by atoms with Gasteiger partial charge in [0.15, 0.2) is 11.5 Å². The number of benzene rings is 2. The van der Waals surface area contributed by atoms with Gasteiger partial charge in [0.05, 0.1) is 5.56 Å². The summed E-state index contributed by atoms with van der Waals surface area (Å²) >= 11 is 0. The maximum Gasteiger partial charge on any atom is 0.488 e. The van der Waals surface area contributed by atoms with Gasteiger partial charge in [-0.15, -0.1) is 0 Å². The van der Waals surface area contributed by atoms with Crippen LogP contribution in [0.3, 0.4) is 0 Å². The monoisotopic (exact) mass is 294 g/mol. The fraction of sp³-hybridized carbons (Fsp3) is 0.0714. The summed E-state index contributed by atoms with van der Waals surface area (Å²) in [4.78, 5) is 11.5. The van der Waals surface area contributed by atoms with Gasteiger partial charge in [0.1, 0.15) is 0 Å². The van der Waals surface area contributed by atoms with Crippen LogP contribution in [0.25, 0.3) is 11.1 Å². The second-order valence-corrected chi connectivity index (χ2v) is 5.06. The first-order valence-electron chi connectivity index (χ1n) is 5.71. The van der Waals surface area contributed by atoms with Crippen LogP contribution < -0.4 is 4.18 Å². The number of hydrogen-bond donors (Lipinski definition) is 0. The molecule has 2 aromatic rings. The SMILES string of the molecule is CC(=O)c1cc(-c2ccccc2)ccc1OS(=O)(=O)F. The molecule has 0 atom stereocenters. The van der Waals surface area contributed by atoms with E-state index in [9.17, 15) is 17.1 Å². The van der Waals surface area contributed by atoms with E-state index in [1.807, 2.05) is 30.3 Å². The van der Waals surface area contributed by atoms with E-state index in [0.717, 1.165) is 5.56 Å². The zero-order valence-corrected chi connectivity index (χ0v) is 11.4. The minimum atomic E-state index is -5.16. The molecule has 0 spiro atoms. The van der Waals surface area contributed by atoms with Crippen LogP contribution in [0.5, 0.6) is 5.75 Å². The first kappa shape index (κ1) is 14.2. The molecule has 0 aromatic heterocycles. The Hall–Kier alpha value is -2.21. The van der Waals surface area contributed by atoms with Gasteiger partial charge in [0.2, 0.25) is 0 Å². The van der Waals surface area contributed by atoms with Crippen LogP contribution in [0.1, 0.15) is 17.3 Å². The molecule has 104 valence electrons. The predicted octanol–water partition coefficient (Wildman–Crippen LogP) is 3.15. The Morgan fingerprint density at radius 2 is 1.70 bits per heavy atom. The fourth-order valence-corrected chi connectivity index (χ4v) is 2.15. The lowest BCUT2D eigenvalue weighted by molar-refractivity contribution is 0.101. The number of carbonyl (C=O) groups is 1. The van der Waals surface area contributed by atoms with Crippen molar-refractivity contribution in [3.8, 4) is 16.9 Å². The van der Waals surface area contributed by atoms with Gasteiger partial charge in [-0.1, -0.05) is 40.3 Å². The van der Waals surface area contributed by atoms with Gasteiger partial charge in [-0.3, -0.25) is 4.79 Å². The summed E-state index contributed by atoms with van der Waals surface area (Å²) in [7, 11) is -5.16.